The molecule has 0 amide bonds. The third-order valence-electron chi connectivity index (χ3n) is 3.78. The Bertz CT molecular complexity index is 341. The number of ether oxygens (including phenoxy) is 1. The number of rotatable bonds is 5. The van der Waals surface area contributed by atoms with Crippen molar-refractivity contribution >= 4 is 5.97 Å². The minimum Gasteiger partial charge on any atom is -0.459 e. The van der Waals surface area contributed by atoms with E-state index < -0.39 is 11.0 Å². The van der Waals surface area contributed by atoms with Crippen LogP contribution in [0.15, 0.2) is 11.6 Å². The summed E-state index contributed by atoms with van der Waals surface area (Å²) >= 11 is 0. The molecule has 0 N–H and O–H groups in total. The van der Waals surface area contributed by atoms with Crippen molar-refractivity contribution < 1.29 is 9.53 Å². The lowest BCUT2D eigenvalue weighted by Crippen LogP contribution is -2.44. The van der Waals surface area contributed by atoms with Crippen LogP contribution in [-0.2, 0) is 9.53 Å². The van der Waals surface area contributed by atoms with Gasteiger partial charge in [-0.2, -0.15) is 0 Å². The topological polar surface area (TPSA) is 26.3 Å². The van der Waals surface area contributed by atoms with Crippen LogP contribution < -0.4 is 0 Å². The molecule has 0 fully saturated rings. The highest BCUT2D eigenvalue weighted by Gasteiger charge is 2.45. The average molecular weight is 268 g/mol. The molecule has 1 unspecified atom stereocenters. The number of hydrogen-bond acceptors (Lipinski definition) is 2. The molecule has 0 aromatic rings. The fourth-order valence-electron chi connectivity index (χ4n) is 2.17. The molecule has 2 heteroatoms. The van der Waals surface area contributed by atoms with E-state index in [0.717, 1.165) is 18.4 Å². The molecule has 0 saturated carbocycles. The highest BCUT2D eigenvalue weighted by molar-refractivity contribution is 5.80. The molecule has 2 nitrogen and oxygen atoms in total. The quantitative estimate of drug-likeness (QED) is 0.510. The van der Waals surface area contributed by atoms with Crippen molar-refractivity contribution in [1.82, 2.24) is 0 Å². The van der Waals surface area contributed by atoms with Crippen LogP contribution >= 0.6 is 0 Å². The number of carbonyl (C=O) groups is 1. The van der Waals surface area contributed by atoms with E-state index in [4.69, 9.17) is 4.74 Å². The van der Waals surface area contributed by atoms with Gasteiger partial charge in [0, 0.05) is 0 Å². The SMILES string of the molecule is CCCC(C)(C)OC(=O)C(C)(C=C(C)C)C(C)(C)C. The van der Waals surface area contributed by atoms with Crippen LogP contribution in [0.5, 0.6) is 0 Å². The molecule has 0 aliphatic carbocycles. The van der Waals surface area contributed by atoms with Crippen LogP contribution in [-0.4, -0.2) is 11.6 Å². The van der Waals surface area contributed by atoms with Gasteiger partial charge in [-0.3, -0.25) is 4.79 Å². The number of allylic oxidation sites excluding steroid dienone is 1. The summed E-state index contributed by atoms with van der Waals surface area (Å²) in [4.78, 5) is 12.7. The molecule has 0 saturated heterocycles. The van der Waals surface area contributed by atoms with E-state index in [-0.39, 0.29) is 11.4 Å². The summed E-state index contributed by atoms with van der Waals surface area (Å²) in [5.41, 5.74) is -0.0309. The Balaban J connectivity index is 5.33. The van der Waals surface area contributed by atoms with Crippen LogP contribution in [0.1, 0.15) is 75.2 Å². The summed E-state index contributed by atoms with van der Waals surface area (Å²) in [6, 6.07) is 0. The van der Waals surface area contributed by atoms with Crippen molar-refractivity contribution in [2.75, 3.05) is 0 Å². The summed E-state index contributed by atoms with van der Waals surface area (Å²) in [5, 5.41) is 0. The Kier molecular flexibility index (Phi) is 5.85. The Morgan fingerprint density at radius 3 is 1.84 bits per heavy atom. The molecule has 1 atom stereocenters. The fourth-order valence-corrected chi connectivity index (χ4v) is 2.17. The van der Waals surface area contributed by atoms with E-state index in [9.17, 15) is 4.79 Å². The maximum Gasteiger partial charge on any atom is 0.316 e. The second kappa shape index (κ2) is 6.11. The second-order valence-electron chi connectivity index (χ2n) is 7.57. The maximum atomic E-state index is 12.7. The molecule has 112 valence electrons. The van der Waals surface area contributed by atoms with Gasteiger partial charge in [-0.25, -0.2) is 0 Å². The van der Waals surface area contributed by atoms with Crippen LogP contribution in [0.3, 0.4) is 0 Å². The van der Waals surface area contributed by atoms with Gasteiger partial charge in [0.2, 0.25) is 0 Å². The molecule has 0 aliphatic heterocycles. The van der Waals surface area contributed by atoms with E-state index in [2.05, 4.69) is 27.7 Å². The van der Waals surface area contributed by atoms with Crippen molar-refractivity contribution in [2.24, 2.45) is 10.8 Å². The van der Waals surface area contributed by atoms with Crippen LogP contribution in [0, 0.1) is 10.8 Å². The van der Waals surface area contributed by atoms with E-state index >= 15 is 0 Å². The molecular weight excluding hydrogens is 236 g/mol. The molecule has 0 aromatic heterocycles. The van der Waals surface area contributed by atoms with Crippen molar-refractivity contribution in [3.8, 4) is 0 Å². The zero-order chi connectivity index (χ0) is 15.5. The van der Waals surface area contributed by atoms with Crippen LogP contribution in [0.2, 0.25) is 0 Å². The van der Waals surface area contributed by atoms with Gasteiger partial charge in [0.1, 0.15) is 5.60 Å². The van der Waals surface area contributed by atoms with Gasteiger partial charge in [-0.05, 0) is 46.5 Å². The highest BCUT2D eigenvalue weighted by Crippen LogP contribution is 2.42. The van der Waals surface area contributed by atoms with Crippen molar-refractivity contribution in [3.05, 3.63) is 11.6 Å². The monoisotopic (exact) mass is 268 g/mol. The molecular formula is C17H32O2. The molecule has 0 aliphatic rings. The van der Waals surface area contributed by atoms with Gasteiger partial charge in [-0.1, -0.05) is 45.8 Å². The first-order valence-corrected chi connectivity index (χ1v) is 7.25. The third-order valence-corrected chi connectivity index (χ3v) is 3.78. The minimum absolute atomic E-state index is 0.125. The first kappa shape index (κ1) is 18.2. The lowest BCUT2D eigenvalue weighted by atomic mass is 9.67. The number of esters is 1. The normalized spacial score (nSPS) is 15.6. The highest BCUT2D eigenvalue weighted by atomic mass is 16.6. The zero-order valence-corrected chi connectivity index (χ0v) is 14.3. The molecule has 0 rings (SSSR count). The second-order valence-corrected chi connectivity index (χ2v) is 7.57. The predicted molar refractivity (Wildman–Crippen MR) is 82.1 cm³/mol. The lowest BCUT2D eigenvalue weighted by molar-refractivity contribution is -0.171. The summed E-state index contributed by atoms with van der Waals surface area (Å²) in [5.74, 6) is -0.125. The van der Waals surface area contributed by atoms with Gasteiger partial charge in [0.05, 0.1) is 5.41 Å². The van der Waals surface area contributed by atoms with Gasteiger partial charge in [0.15, 0.2) is 0 Å². The lowest BCUT2D eigenvalue weighted by Gasteiger charge is -2.40. The fraction of sp³-hybridized carbons (Fsp3) is 0.824. The number of hydrogen-bond donors (Lipinski definition) is 0. The standard InChI is InChI=1S/C17H32O2/c1-10-11-16(7,8)19-14(18)17(9,12-13(2)3)15(4,5)6/h12H,10-11H2,1-9H3. The Labute approximate surface area is 119 Å². The van der Waals surface area contributed by atoms with E-state index in [1.54, 1.807) is 0 Å². The summed E-state index contributed by atoms with van der Waals surface area (Å²) in [7, 11) is 0. The van der Waals surface area contributed by atoms with Gasteiger partial charge in [-0.15, -0.1) is 0 Å². The first-order chi connectivity index (χ1) is 8.35. The van der Waals surface area contributed by atoms with E-state index in [1.807, 2.05) is 40.7 Å². The molecule has 0 heterocycles. The Hall–Kier alpha value is -0.790. The molecule has 19 heavy (non-hydrogen) atoms. The van der Waals surface area contributed by atoms with Crippen LogP contribution in [0.25, 0.3) is 0 Å². The zero-order valence-electron chi connectivity index (χ0n) is 14.3. The van der Waals surface area contributed by atoms with Gasteiger partial charge >= 0.3 is 5.97 Å². The van der Waals surface area contributed by atoms with E-state index in [0.29, 0.717) is 0 Å². The Morgan fingerprint density at radius 2 is 1.53 bits per heavy atom. The minimum atomic E-state index is -0.600. The first-order valence-electron chi connectivity index (χ1n) is 7.25. The molecule has 0 spiro atoms. The molecule has 0 aromatic carbocycles. The van der Waals surface area contributed by atoms with Crippen molar-refractivity contribution in [1.29, 1.82) is 0 Å². The summed E-state index contributed by atoms with van der Waals surface area (Å²) in [6.45, 7) is 18.4. The predicted octanol–water partition coefficient (Wildman–Crippen LogP) is 5.13. The third kappa shape index (κ3) is 5.00. The van der Waals surface area contributed by atoms with Crippen LogP contribution in [0.4, 0.5) is 0 Å². The van der Waals surface area contributed by atoms with E-state index in [1.165, 1.54) is 0 Å². The Morgan fingerprint density at radius 1 is 1.05 bits per heavy atom. The smallest absolute Gasteiger partial charge is 0.316 e. The van der Waals surface area contributed by atoms with Gasteiger partial charge in [0.25, 0.3) is 0 Å². The van der Waals surface area contributed by atoms with Crippen molar-refractivity contribution in [3.63, 3.8) is 0 Å². The summed E-state index contributed by atoms with van der Waals surface area (Å²) in [6.07, 6.45) is 3.93. The maximum absolute atomic E-state index is 12.7. The van der Waals surface area contributed by atoms with Gasteiger partial charge < -0.3 is 4.74 Å². The molecule has 0 bridgehead atoms. The number of carbonyl (C=O) groups excluding carboxylic acids is 1. The average Bonchev–Trinajstić information content (AvgIpc) is 2.13. The largest absolute Gasteiger partial charge is 0.459 e. The summed E-state index contributed by atoms with van der Waals surface area (Å²) < 4.78 is 5.79. The molecule has 0 radical (unpaired) electrons. The van der Waals surface area contributed by atoms with Crippen molar-refractivity contribution in [2.45, 2.75) is 80.8 Å².